The summed E-state index contributed by atoms with van der Waals surface area (Å²) in [4.78, 5) is 58.7. The molecule has 0 aliphatic carbocycles. The second kappa shape index (κ2) is 19.2. The minimum Gasteiger partial charge on any atom is -0.342 e. The van der Waals surface area contributed by atoms with Crippen LogP contribution in [0.2, 0.25) is 0 Å². The molecule has 10 nitrogen and oxygen atoms in total. The maximum atomic E-state index is 13.3. The van der Waals surface area contributed by atoms with Crippen molar-refractivity contribution in [1.82, 2.24) is 18.9 Å². The third-order valence-corrected chi connectivity index (χ3v) is 11.5. The second-order valence-corrected chi connectivity index (χ2v) is 14.9. The molecule has 4 aromatic rings. The van der Waals surface area contributed by atoms with Gasteiger partial charge in [-0.1, -0.05) is 36.4 Å². The minimum atomic E-state index is -3.28. The van der Waals surface area contributed by atoms with Crippen molar-refractivity contribution in [3.8, 4) is 0 Å². The molecule has 14 heteroatoms. The Kier molecular flexibility index (Phi) is 15.5. The SMILES string of the molecule is Cc1c(C)n([C@H](C)C2CCN(C(=O)C(C)(F)F)CC2)c2ccccc12.Cc1c(C)n([C@H](C)C2CCN(C(=O)C(C)(F)F)CC2)c2ccccc12.O=C=O.O=C=O. The summed E-state index contributed by atoms with van der Waals surface area (Å²) in [5, 5.41) is 2.54. The molecule has 2 saturated heterocycles. The first-order valence-electron chi connectivity index (χ1n) is 18.7. The lowest BCUT2D eigenvalue weighted by atomic mass is 9.89. The summed E-state index contributed by atoms with van der Waals surface area (Å²) in [5.41, 5.74) is 7.55. The normalized spacial score (nSPS) is 16.3. The highest BCUT2D eigenvalue weighted by Crippen LogP contribution is 2.37. The Labute approximate surface area is 324 Å². The van der Waals surface area contributed by atoms with E-state index in [2.05, 4.69) is 99.2 Å². The monoisotopic (exact) mass is 784 g/mol. The molecule has 2 amide bonds. The zero-order valence-electron chi connectivity index (χ0n) is 33.3. The van der Waals surface area contributed by atoms with Crippen molar-refractivity contribution in [2.75, 3.05) is 26.2 Å². The van der Waals surface area contributed by atoms with Gasteiger partial charge in [0.25, 0.3) is 11.8 Å². The molecule has 2 fully saturated rings. The van der Waals surface area contributed by atoms with E-state index in [1.165, 1.54) is 54.1 Å². The molecule has 0 radical (unpaired) electrons. The van der Waals surface area contributed by atoms with Gasteiger partial charge < -0.3 is 18.9 Å². The van der Waals surface area contributed by atoms with Crippen molar-refractivity contribution >= 4 is 45.9 Å². The number of likely N-dealkylation sites (tertiary alicyclic amines) is 2. The van der Waals surface area contributed by atoms with E-state index in [9.17, 15) is 27.2 Å². The first-order valence-corrected chi connectivity index (χ1v) is 18.7. The number of halogens is 4. The number of benzene rings is 2. The number of rotatable bonds is 6. The Morgan fingerprint density at radius 2 is 0.857 bits per heavy atom. The van der Waals surface area contributed by atoms with Gasteiger partial charge >= 0.3 is 24.1 Å². The summed E-state index contributed by atoms with van der Waals surface area (Å²) >= 11 is 0. The van der Waals surface area contributed by atoms with Crippen LogP contribution in [0.15, 0.2) is 48.5 Å². The first-order chi connectivity index (χ1) is 26.3. The Bertz CT molecular complexity index is 1890. The lowest BCUT2D eigenvalue weighted by Crippen LogP contribution is -2.46. The van der Waals surface area contributed by atoms with Gasteiger partial charge in [0.2, 0.25) is 0 Å². The summed E-state index contributed by atoms with van der Waals surface area (Å²) in [6.07, 6.45) is 3.53. The van der Waals surface area contributed by atoms with Crippen LogP contribution in [-0.2, 0) is 28.8 Å². The third kappa shape index (κ3) is 10.2. The lowest BCUT2D eigenvalue weighted by Gasteiger charge is -2.37. The summed E-state index contributed by atoms with van der Waals surface area (Å²) in [6.45, 7) is 16.0. The Morgan fingerprint density at radius 3 is 1.12 bits per heavy atom. The summed E-state index contributed by atoms with van der Waals surface area (Å²) in [5.74, 6) is -7.88. The van der Waals surface area contributed by atoms with E-state index in [0.29, 0.717) is 51.9 Å². The van der Waals surface area contributed by atoms with E-state index < -0.39 is 23.7 Å². The lowest BCUT2D eigenvalue weighted by molar-refractivity contribution is -0.193. The highest BCUT2D eigenvalue weighted by molar-refractivity contribution is 5.86. The van der Waals surface area contributed by atoms with Gasteiger partial charge in [-0.3, -0.25) is 9.59 Å². The van der Waals surface area contributed by atoms with Gasteiger partial charge in [0.1, 0.15) is 0 Å². The van der Waals surface area contributed by atoms with Crippen molar-refractivity contribution in [2.24, 2.45) is 11.8 Å². The number of aryl methyl sites for hydroxylation is 2. The summed E-state index contributed by atoms with van der Waals surface area (Å²) in [6, 6.07) is 17.3. The standard InChI is InChI=1S/2C20H26F2N2O.2CO2/c2*1-13-14(2)24(18-8-6-5-7-17(13)18)15(3)16-9-11-23(12-10-16)19(25)20(4,21)22;2*2-1-3/h2*5-8,15-16H,9-12H2,1-4H3;;/t2*15-;;/m11../s1. The van der Waals surface area contributed by atoms with Crippen molar-refractivity contribution in [3.63, 3.8) is 0 Å². The topological polar surface area (TPSA) is 119 Å². The number of nitrogens with zero attached hydrogens (tertiary/aromatic N) is 4. The average Bonchev–Trinajstić information content (AvgIpc) is 3.57. The molecule has 0 N–H and O–H groups in total. The quantitative estimate of drug-likeness (QED) is 0.182. The van der Waals surface area contributed by atoms with Gasteiger partial charge in [0, 0.05) is 85.3 Å². The highest BCUT2D eigenvalue weighted by Gasteiger charge is 2.40. The number of aromatic nitrogens is 2. The first kappa shape index (κ1) is 45.3. The van der Waals surface area contributed by atoms with Crippen LogP contribution in [0, 0.1) is 39.5 Å². The van der Waals surface area contributed by atoms with E-state index in [0.717, 1.165) is 25.7 Å². The zero-order chi connectivity index (χ0) is 42.1. The molecule has 304 valence electrons. The number of amides is 2. The predicted octanol–water partition coefficient (Wildman–Crippen LogP) is 8.26. The van der Waals surface area contributed by atoms with Crippen molar-refractivity contribution in [2.45, 2.75) is 105 Å². The van der Waals surface area contributed by atoms with E-state index in [1.807, 2.05) is 0 Å². The Hall–Kier alpha value is -5.06. The summed E-state index contributed by atoms with van der Waals surface area (Å²) in [7, 11) is 0. The maximum Gasteiger partial charge on any atom is 0.373 e. The number of hydrogen-bond donors (Lipinski definition) is 0. The molecule has 2 atom stereocenters. The molecule has 2 aliphatic rings. The largest absolute Gasteiger partial charge is 0.373 e. The fourth-order valence-corrected chi connectivity index (χ4v) is 8.31. The van der Waals surface area contributed by atoms with Gasteiger partial charge in [0.15, 0.2) is 0 Å². The molecular formula is C42H52F4N4O6. The number of fused-ring (bicyclic) bond motifs is 2. The van der Waals surface area contributed by atoms with Crippen molar-refractivity contribution in [3.05, 3.63) is 71.0 Å². The molecule has 0 spiro atoms. The number of alkyl halides is 4. The molecule has 0 saturated carbocycles. The number of carbonyl (C=O) groups is 2. The molecule has 6 rings (SSSR count). The van der Waals surface area contributed by atoms with Crippen LogP contribution in [0.4, 0.5) is 17.6 Å². The van der Waals surface area contributed by atoms with Gasteiger partial charge in [-0.2, -0.15) is 36.7 Å². The highest BCUT2D eigenvalue weighted by atomic mass is 19.3. The van der Waals surface area contributed by atoms with Crippen LogP contribution in [-0.4, -0.2) is 81.1 Å². The molecule has 2 aromatic carbocycles. The Morgan fingerprint density at radius 1 is 0.589 bits per heavy atom. The third-order valence-electron chi connectivity index (χ3n) is 11.5. The average molecular weight is 785 g/mol. The fraction of sp³-hybridized carbons (Fsp3) is 0.524. The van der Waals surface area contributed by atoms with Crippen molar-refractivity contribution < 1.29 is 46.3 Å². The van der Waals surface area contributed by atoms with E-state index in [-0.39, 0.29) is 24.4 Å². The van der Waals surface area contributed by atoms with E-state index in [4.69, 9.17) is 19.2 Å². The van der Waals surface area contributed by atoms with Crippen LogP contribution in [0.1, 0.15) is 88.0 Å². The van der Waals surface area contributed by atoms with Gasteiger partial charge in [-0.25, -0.2) is 0 Å². The van der Waals surface area contributed by atoms with Gasteiger partial charge in [-0.05, 0) is 102 Å². The molecule has 0 bridgehead atoms. The smallest absolute Gasteiger partial charge is 0.342 e. The van der Waals surface area contributed by atoms with Crippen LogP contribution < -0.4 is 0 Å². The molecule has 0 unspecified atom stereocenters. The van der Waals surface area contributed by atoms with Gasteiger partial charge in [-0.15, -0.1) is 0 Å². The number of piperidine rings is 2. The van der Waals surface area contributed by atoms with Crippen LogP contribution in [0.25, 0.3) is 21.8 Å². The second-order valence-electron chi connectivity index (χ2n) is 14.9. The van der Waals surface area contributed by atoms with Gasteiger partial charge in [0.05, 0.1) is 0 Å². The molecule has 56 heavy (non-hydrogen) atoms. The fourth-order valence-electron chi connectivity index (χ4n) is 8.31. The zero-order valence-corrected chi connectivity index (χ0v) is 33.3. The summed E-state index contributed by atoms with van der Waals surface area (Å²) < 4.78 is 57.8. The van der Waals surface area contributed by atoms with Crippen LogP contribution >= 0.6 is 0 Å². The molecule has 4 heterocycles. The van der Waals surface area contributed by atoms with Crippen molar-refractivity contribution in [1.29, 1.82) is 0 Å². The molecule has 2 aliphatic heterocycles. The maximum absolute atomic E-state index is 13.3. The number of para-hydroxylation sites is 2. The number of hydrogen-bond acceptors (Lipinski definition) is 6. The van der Waals surface area contributed by atoms with E-state index >= 15 is 0 Å². The van der Waals surface area contributed by atoms with E-state index in [1.54, 1.807) is 0 Å². The molecule has 2 aromatic heterocycles. The predicted molar refractivity (Wildman–Crippen MR) is 202 cm³/mol. The molecular weight excluding hydrogens is 732 g/mol. The Balaban J connectivity index is 0.000000264. The number of carbonyl (C=O) groups excluding carboxylic acids is 6. The minimum absolute atomic E-state index is 0.250. The van der Waals surface area contributed by atoms with Crippen LogP contribution in [0.5, 0.6) is 0 Å². The van der Waals surface area contributed by atoms with Crippen LogP contribution in [0.3, 0.4) is 0 Å².